The van der Waals surface area contributed by atoms with E-state index in [9.17, 15) is 9.90 Å². The average Bonchev–Trinajstić information content (AvgIpc) is 3.25. The summed E-state index contributed by atoms with van der Waals surface area (Å²) in [4.78, 5) is 17.6. The Bertz CT molecular complexity index is 1370. The minimum absolute atomic E-state index is 0.159. The van der Waals surface area contributed by atoms with Crippen LogP contribution in [0.5, 0.6) is 5.75 Å². The van der Waals surface area contributed by atoms with Gasteiger partial charge in [-0.3, -0.25) is 4.79 Å². The molecule has 0 aliphatic heterocycles. The molecule has 150 valence electrons. The minimum Gasteiger partial charge on any atom is -0.508 e. The Balaban J connectivity index is 1.57. The van der Waals surface area contributed by atoms with Gasteiger partial charge in [-0.1, -0.05) is 36.4 Å². The maximum Gasteiger partial charge on any atom is 0.255 e. The van der Waals surface area contributed by atoms with Crippen LogP contribution in [-0.2, 0) is 0 Å². The molecule has 1 amide bonds. The van der Waals surface area contributed by atoms with Crippen LogP contribution < -0.4 is 5.32 Å². The molecule has 5 rings (SSSR count). The molecule has 3 aromatic carbocycles. The van der Waals surface area contributed by atoms with Crippen molar-refractivity contribution in [3.63, 3.8) is 0 Å². The molecule has 0 aliphatic rings. The summed E-state index contributed by atoms with van der Waals surface area (Å²) < 4.78 is 1.97. The molecule has 2 heterocycles. The number of phenols is 1. The maximum absolute atomic E-state index is 12.7. The molecule has 0 aliphatic carbocycles. The highest BCUT2D eigenvalue weighted by Gasteiger charge is 2.14. The largest absolute Gasteiger partial charge is 0.508 e. The van der Waals surface area contributed by atoms with Crippen molar-refractivity contribution in [3.8, 4) is 28.1 Å². The van der Waals surface area contributed by atoms with Crippen molar-refractivity contribution in [2.75, 3.05) is 5.32 Å². The van der Waals surface area contributed by atoms with Gasteiger partial charge in [0.1, 0.15) is 11.4 Å². The van der Waals surface area contributed by atoms with Crippen LogP contribution in [0.1, 0.15) is 10.4 Å². The summed E-state index contributed by atoms with van der Waals surface area (Å²) in [6, 6.07) is 27.8. The van der Waals surface area contributed by atoms with Crippen LogP contribution in [0, 0.1) is 0 Å². The Labute approximate surface area is 179 Å². The molecule has 0 saturated carbocycles. The smallest absolute Gasteiger partial charge is 0.255 e. The molecular formula is C26H19N3O2. The number of carbonyl (C=O) groups is 1. The van der Waals surface area contributed by atoms with Gasteiger partial charge in [0.2, 0.25) is 0 Å². The standard InChI is InChI=1S/C26H19N3O2/c30-20-14-12-18(13-15-20)24-17-29-16-6-10-22(25(29)27-24)21-9-4-5-11-23(21)28-26(31)19-7-2-1-3-8-19/h1-17,30H,(H,28,31). The molecule has 31 heavy (non-hydrogen) atoms. The average molecular weight is 405 g/mol. The zero-order chi connectivity index (χ0) is 21.2. The molecular weight excluding hydrogens is 386 g/mol. The summed E-state index contributed by atoms with van der Waals surface area (Å²) in [7, 11) is 0. The molecule has 2 N–H and O–H groups in total. The molecule has 2 aromatic heterocycles. The summed E-state index contributed by atoms with van der Waals surface area (Å²) in [6.45, 7) is 0. The van der Waals surface area contributed by atoms with Crippen molar-refractivity contribution in [3.05, 3.63) is 109 Å². The monoisotopic (exact) mass is 405 g/mol. The number of nitrogens with one attached hydrogen (secondary N) is 1. The summed E-state index contributed by atoms with van der Waals surface area (Å²) in [5.74, 6) is 0.0596. The van der Waals surface area contributed by atoms with Gasteiger partial charge in [0.15, 0.2) is 0 Å². The highest BCUT2D eigenvalue weighted by molar-refractivity contribution is 6.06. The Kier molecular flexibility index (Phi) is 4.69. The van der Waals surface area contributed by atoms with Gasteiger partial charge in [-0.15, -0.1) is 0 Å². The first-order valence-electron chi connectivity index (χ1n) is 9.92. The zero-order valence-electron chi connectivity index (χ0n) is 16.6. The number of rotatable bonds is 4. The lowest BCUT2D eigenvalue weighted by atomic mass is 10.0. The van der Waals surface area contributed by atoms with Crippen LogP contribution in [-0.4, -0.2) is 20.4 Å². The third kappa shape index (κ3) is 3.65. The van der Waals surface area contributed by atoms with E-state index in [2.05, 4.69) is 5.32 Å². The number of nitrogens with zero attached hydrogens (tertiary/aromatic N) is 2. The van der Waals surface area contributed by atoms with Gasteiger partial charge in [-0.25, -0.2) is 4.98 Å². The van der Waals surface area contributed by atoms with Crippen LogP contribution in [0.3, 0.4) is 0 Å². The lowest BCUT2D eigenvalue weighted by Gasteiger charge is -2.12. The third-order valence-electron chi connectivity index (χ3n) is 5.15. The molecule has 5 aromatic rings. The van der Waals surface area contributed by atoms with Gasteiger partial charge < -0.3 is 14.8 Å². The normalized spacial score (nSPS) is 10.8. The minimum atomic E-state index is -0.159. The number of phenolic OH excluding ortho intramolecular Hbond substituents is 1. The molecule has 0 unspecified atom stereocenters. The molecule has 0 saturated heterocycles. The van der Waals surface area contributed by atoms with E-state index in [-0.39, 0.29) is 11.7 Å². The fourth-order valence-corrected chi connectivity index (χ4v) is 3.61. The Hall–Kier alpha value is -4.38. The number of aromatic hydroxyl groups is 1. The van der Waals surface area contributed by atoms with Crippen LogP contribution >= 0.6 is 0 Å². The zero-order valence-corrected chi connectivity index (χ0v) is 16.6. The molecule has 0 spiro atoms. The second-order valence-electron chi connectivity index (χ2n) is 7.19. The van der Waals surface area contributed by atoms with Gasteiger partial charge in [0.25, 0.3) is 5.91 Å². The van der Waals surface area contributed by atoms with Gasteiger partial charge in [0, 0.05) is 40.3 Å². The summed E-state index contributed by atoms with van der Waals surface area (Å²) in [5.41, 5.74) is 5.63. The van der Waals surface area contributed by atoms with E-state index in [0.717, 1.165) is 33.7 Å². The SMILES string of the molecule is O=C(Nc1ccccc1-c1cccn2cc(-c3ccc(O)cc3)nc12)c1ccccc1. The van der Waals surface area contributed by atoms with Crippen molar-refractivity contribution in [2.24, 2.45) is 0 Å². The van der Waals surface area contributed by atoms with Crippen molar-refractivity contribution in [1.29, 1.82) is 0 Å². The van der Waals surface area contributed by atoms with Crippen molar-refractivity contribution in [1.82, 2.24) is 9.38 Å². The van der Waals surface area contributed by atoms with Crippen LogP contribution in [0.4, 0.5) is 5.69 Å². The fourth-order valence-electron chi connectivity index (χ4n) is 3.61. The van der Waals surface area contributed by atoms with Crippen molar-refractivity contribution < 1.29 is 9.90 Å². The van der Waals surface area contributed by atoms with Crippen LogP contribution in [0.15, 0.2) is 103 Å². The number of anilines is 1. The summed E-state index contributed by atoms with van der Waals surface area (Å²) >= 11 is 0. The van der Waals surface area contributed by atoms with Gasteiger partial charge >= 0.3 is 0 Å². The fraction of sp³-hybridized carbons (Fsp3) is 0. The molecule has 0 atom stereocenters. The van der Waals surface area contributed by atoms with Crippen molar-refractivity contribution >= 4 is 17.2 Å². The van der Waals surface area contributed by atoms with Gasteiger partial charge in [0.05, 0.1) is 5.69 Å². The molecule has 0 fully saturated rings. The van der Waals surface area contributed by atoms with E-state index in [1.807, 2.05) is 83.5 Å². The lowest BCUT2D eigenvalue weighted by Crippen LogP contribution is -2.12. The predicted octanol–water partition coefficient (Wildman–Crippen LogP) is 5.63. The Morgan fingerprint density at radius 1 is 0.806 bits per heavy atom. The third-order valence-corrected chi connectivity index (χ3v) is 5.15. The summed E-state index contributed by atoms with van der Waals surface area (Å²) in [6.07, 6.45) is 3.90. The number of fused-ring (bicyclic) bond motifs is 1. The number of aromatic nitrogens is 2. The number of hydrogen-bond donors (Lipinski definition) is 2. The number of amides is 1. The Morgan fingerprint density at radius 3 is 2.32 bits per heavy atom. The lowest BCUT2D eigenvalue weighted by molar-refractivity contribution is 0.102. The molecule has 0 bridgehead atoms. The van der Waals surface area contributed by atoms with E-state index < -0.39 is 0 Å². The Morgan fingerprint density at radius 2 is 1.52 bits per heavy atom. The number of carbonyl (C=O) groups excluding carboxylic acids is 1. The molecule has 0 radical (unpaired) electrons. The van der Waals surface area contributed by atoms with E-state index in [4.69, 9.17) is 4.98 Å². The van der Waals surface area contributed by atoms with Gasteiger partial charge in [-0.2, -0.15) is 0 Å². The van der Waals surface area contributed by atoms with E-state index in [0.29, 0.717) is 5.56 Å². The highest BCUT2D eigenvalue weighted by atomic mass is 16.3. The van der Waals surface area contributed by atoms with E-state index in [1.165, 1.54) is 0 Å². The first-order valence-corrected chi connectivity index (χ1v) is 9.92. The second kappa shape index (κ2) is 7.80. The maximum atomic E-state index is 12.7. The van der Waals surface area contributed by atoms with Crippen LogP contribution in [0.25, 0.3) is 28.0 Å². The van der Waals surface area contributed by atoms with Crippen molar-refractivity contribution in [2.45, 2.75) is 0 Å². The second-order valence-corrected chi connectivity index (χ2v) is 7.19. The quantitative estimate of drug-likeness (QED) is 0.407. The number of benzene rings is 3. The van der Waals surface area contributed by atoms with Gasteiger partial charge in [-0.05, 0) is 54.6 Å². The van der Waals surface area contributed by atoms with Crippen LogP contribution in [0.2, 0.25) is 0 Å². The number of hydrogen-bond acceptors (Lipinski definition) is 3. The first kappa shape index (κ1) is 18.6. The predicted molar refractivity (Wildman–Crippen MR) is 122 cm³/mol. The summed E-state index contributed by atoms with van der Waals surface area (Å²) in [5, 5.41) is 12.6. The molecule has 5 nitrogen and oxygen atoms in total. The topological polar surface area (TPSA) is 66.6 Å². The number of pyridine rings is 1. The highest BCUT2D eigenvalue weighted by Crippen LogP contribution is 2.32. The van der Waals surface area contributed by atoms with E-state index in [1.54, 1.807) is 24.3 Å². The number of imidazole rings is 1. The first-order chi connectivity index (χ1) is 15.2. The molecule has 5 heteroatoms. The number of para-hydroxylation sites is 1. The van der Waals surface area contributed by atoms with E-state index >= 15 is 0 Å².